The molecular weight excluding hydrogens is 528 g/mol. The van der Waals surface area contributed by atoms with E-state index in [1.54, 1.807) is 48.5 Å². The van der Waals surface area contributed by atoms with Gasteiger partial charge in [0.2, 0.25) is 5.66 Å². The fourth-order valence-electron chi connectivity index (χ4n) is 5.02. The molecule has 0 fully saturated rings. The van der Waals surface area contributed by atoms with Crippen molar-refractivity contribution in [2.24, 2.45) is 9.98 Å². The predicted molar refractivity (Wildman–Crippen MR) is 154 cm³/mol. The van der Waals surface area contributed by atoms with Crippen LogP contribution in [0.25, 0.3) is 11.1 Å². The molecule has 10 nitrogen and oxygen atoms in total. The minimum absolute atomic E-state index is 0.246. The van der Waals surface area contributed by atoms with Crippen LogP contribution in [0.5, 0.6) is 46.0 Å². The first-order valence-electron chi connectivity index (χ1n) is 12.4. The molecule has 10 heteroatoms. The molecule has 0 amide bonds. The summed E-state index contributed by atoms with van der Waals surface area (Å²) in [6.45, 7) is 0. The Labute approximate surface area is 236 Å². The molecule has 0 saturated heterocycles. The van der Waals surface area contributed by atoms with Crippen LogP contribution >= 0.6 is 0 Å². The van der Waals surface area contributed by atoms with Crippen molar-refractivity contribution in [2.75, 3.05) is 28.4 Å². The van der Waals surface area contributed by atoms with Gasteiger partial charge >= 0.3 is 0 Å². The Morgan fingerprint density at radius 1 is 0.561 bits per heavy atom. The number of para-hydroxylation sites is 2. The van der Waals surface area contributed by atoms with Gasteiger partial charge in [0.15, 0.2) is 46.0 Å². The summed E-state index contributed by atoms with van der Waals surface area (Å²) in [6, 6.07) is 16.1. The summed E-state index contributed by atoms with van der Waals surface area (Å²) >= 11 is 0. The second-order valence-electron chi connectivity index (χ2n) is 9.07. The summed E-state index contributed by atoms with van der Waals surface area (Å²) in [6.07, 6.45) is 2.81. The highest BCUT2D eigenvalue weighted by Crippen LogP contribution is 2.60. The van der Waals surface area contributed by atoms with Gasteiger partial charge in [-0.25, -0.2) is 0 Å². The number of rotatable bonds is 8. The van der Waals surface area contributed by atoms with E-state index in [2.05, 4.69) is 0 Å². The molecule has 0 heterocycles. The lowest BCUT2D eigenvalue weighted by Gasteiger charge is -2.24. The standard InChI is InChI=1S/C31H28N2O8/c1-38-23-13-11-19-25(29(23)40-3)26-20(12-14-24(39-2)30(26)41-4)31(19,32-15-17-7-5-9-21(34)27(17)36)33-16-18-8-6-10-22(35)28(18)37/h5-16,34-37H,1-4H3/b32-15+,33-16+. The van der Waals surface area contributed by atoms with Gasteiger partial charge < -0.3 is 39.4 Å². The van der Waals surface area contributed by atoms with E-state index in [9.17, 15) is 20.4 Å². The van der Waals surface area contributed by atoms with Crippen molar-refractivity contribution in [1.82, 2.24) is 0 Å². The van der Waals surface area contributed by atoms with Crippen LogP contribution in [-0.2, 0) is 5.66 Å². The van der Waals surface area contributed by atoms with Crippen molar-refractivity contribution in [2.45, 2.75) is 5.66 Å². The molecular formula is C31H28N2O8. The van der Waals surface area contributed by atoms with Crippen LogP contribution in [-0.4, -0.2) is 61.3 Å². The Morgan fingerprint density at radius 2 is 0.976 bits per heavy atom. The smallest absolute Gasteiger partial charge is 0.202 e. The summed E-state index contributed by atoms with van der Waals surface area (Å²) in [5, 5.41) is 41.2. The first-order valence-corrected chi connectivity index (χ1v) is 12.4. The Balaban J connectivity index is 1.90. The lowest BCUT2D eigenvalue weighted by atomic mass is 9.97. The number of hydrogen-bond donors (Lipinski definition) is 4. The molecule has 0 unspecified atom stereocenters. The number of fused-ring (bicyclic) bond motifs is 3. The second-order valence-corrected chi connectivity index (χ2v) is 9.07. The number of ether oxygens (including phenoxy) is 4. The quantitative estimate of drug-likeness (QED) is 0.176. The Morgan fingerprint density at radius 3 is 1.34 bits per heavy atom. The number of aliphatic imine (C=N–C) groups is 2. The summed E-state index contributed by atoms with van der Waals surface area (Å²) in [5.74, 6) is 0.431. The second kappa shape index (κ2) is 10.6. The molecule has 0 aliphatic heterocycles. The van der Waals surface area contributed by atoms with Crippen molar-refractivity contribution < 1.29 is 39.4 Å². The number of benzene rings is 4. The molecule has 1 aliphatic carbocycles. The van der Waals surface area contributed by atoms with Gasteiger partial charge in [-0.3, -0.25) is 9.98 Å². The summed E-state index contributed by atoms with van der Waals surface area (Å²) in [4.78, 5) is 9.82. The average Bonchev–Trinajstić information content (AvgIpc) is 3.27. The Hall–Kier alpha value is -5.38. The summed E-state index contributed by atoms with van der Waals surface area (Å²) < 4.78 is 22.8. The van der Waals surface area contributed by atoms with Crippen LogP contribution in [0.1, 0.15) is 22.3 Å². The van der Waals surface area contributed by atoms with E-state index < -0.39 is 5.66 Å². The van der Waals surface area contributed by atoms with Gasteiger partial charge in [-0.1, -0.05) is 12.1 Å². The van der Waals surface area contributed by atoms with Crippen LogP contribution in [0, 0.1) is 0 Å². The van der Waals surface area contributed by atoms with Crippen molar-refractivity contribution in [3.8, 4) is 57.1 Å². The van der Waals surface area contributed by atoms with Crippen LogP contribution in [0.2, 0.25) is 0 Å². The van der Waals surface area contributed by atoms with E-state index in [-0.39, 0.29) is 34.1 Å². The third-order valence-corrected chi connectivity index (χ3v) is 6.97. The number of phenolic OH excluding ortho intramolecular Hbond substituents is 4. The molecule has 4 aromatic rings. The van der Waals surface area contributed by atoms with Crippen LogP contribution in [0.15, 0.2) is 70.6 Å². The lowest BCUT2D eigenvalue weighted by Crippen LogP contribution is -2.21. The van der Waals surface area contributed by atoms with E-state index in [1.807, 2.05) is 0 Å². The lowest BCUT2D eigenvalue weighted by molar-refractivity contribution is 0.352. The zero-order valence-electron chi connectivity index (χ0n) is 22.7. The Bertz CT molecular complexity index is 1570. The first kappa shape index (κ1) is 27.2. The topological polar surface area (TPSA) is 143 Å². The molecule has 0 saturated carbocycles. The largest absolute Gasteiger partial charge is 0.504 e. The number of hydrogen-bond acceptors (Lipinski definition) is 10. The monoisotopic (exact) mass is 556 g/mol. The van der Waals surface area contributed by atoms with Gasteiger partial charge in [0.25, 0.3) is 0 Å². The maximum absolute atomic E-state index is 10.5. The van der Waals surface area contributed by atoms with Gasteiger partial charge in [0.05, 0.1) is 28.4 Å². The average molecular weight is 557 g/mol. The third-order valence-electron chi connectivity index (χ3n) is 6.97. The van der Waals surface area contributed by atoms with E-state index in [0.717, 1.165) is 0 Å². The fraction of sp³-hybridized carbons (Fsp3) is 0.161. The van der Waals surface area contributed by atoms with Gasteiger partial charge in [-0.2, -0.15) is 0 Å². The van der Waals surface area contributed by atoms with E-state index in [4.69, 9.17) is 28.9 Å². The molecule has 5 rings (SSSR count). The molecule has 1 aliphatic rings. The SMILES string of the molecule is COc1ccc2c(c1OC)-c1c(ccc(OC)c1OC)C2(/N=C/c1cccc(O)c1O)/N=C/c1cccc(O)c1O. The maximum Gasteiger partial charge on any atom is 0.202 e. The fourth-order valence-corrected chi connectivity index (χ4v) is 5.02. The maximum atomic E-state index is 10.5. The number of methoxy groups -OCH3 is 4. The molecule has 0 radical (unpaired) electrons. The zero-order chi connectivity index (χ0) is 29.3. The molecule has 0 aromatic heterocycles. The molecule has 4 N–H and O–H groups in total. The van der Waals surface area contributed by atoms with Crippen molar-refractivity contribution in [1.29, 1.82) is 0 Å². The van der Waals surface area contributed by atoms with Crippen LogP contribution in [0.3, 0.4) is 0 Å². The number of phenols is 4. The first-order chi connectivity index (χ1) is 19.8. The predicted octanol–water partition coefficient (Wildman–Crippen LogP) is 4.96. The van der Waals surface area contributed by atoms with E-state index in [0.29, 0.717) is 45.3 Å². The van der Waals surface area contributed by atoms with Gasteiger partial charge in [0.1, 0.15) is 0 Å². The molecule has 0 spiro atoms. The minimum atomic E-state index is -1.51. The number of aromatic hydroxyl groups is 4. The minimum Gasteiger partial charge on any atom is -0.504 e. The van der Waals surface area contributed by atoms with Crippen LogP contribution in [0.4, 0.5) is 0 Å². The van der Waals surface area contributed by atoms with E-state index >= 15 is 0 Å². The normalized spacial score (nSPS) is 13.3. The van der Waals surface area contributed by atoms with Crippen molar-refractivity contribution in [3.63, 3.8) is 0 Å². The van der Waals surface area contributed by atoms with Crippen LogP contribution < -0.4 is 18.9 Å². The molecule has 0 bridgehead atoms. The highest BCUT2D eigenvalue weighted by Gasteiger charge is 2.47. The molecule has 41 heavy (non-hydrogen) atoms. The van der Waals surface area contributed by atoms with E-state index in [1.165, 1.54) is 53.0 Å². The molecule has 210 valence electrons. The van der Waals surface area contributed by atoms with Gasteiger partial charge in [-0.05, 0) is 48.5 Å². The molecule has 4 aromatic carbocycles. The van der Waals surface area contributed by atoms with Gasteiger partial charge in [-0.15, -0.1) is 0 Å². The zero-order valence-corrected chi connectivity index (χ0v) is 22.7. The van der Waals surface area contributed by atoms with Crippen molar-refractivity contribution in [3.05, 3.63) is 82.9 Å². The van der Waals surface area contributed by atoms with Crippen molar-refractivity contribution >= 4 is 12.4 Å². The summed E-state index contributed by atoms with van der Waals surface area (Å²) in [5.41, 5.74) is 1.30. The Kier molecular flexibility index (Phi) is 7.06. The highest BCUT2D eigenvalue weighted by molar-refractivity contribution is 5.95. The molecule has 0 atom stereocenters. The third kappa shape index (κ3) is 4.29. The van der Waals surface area contributed by atoms with Gasteiger partial charge in [0, 0.05) is 45.8 Å². The highest BCUT2D eigenvalue weighted by atomic mass is 16.5. The number of nitrogens with zero attached hydrogens (tertiary/aromatic N) is 2. The summed E-state index contributed by atoms with van der Waals surface area (Å²) in [7, 11) is 6.10.